The number of nitriles is 1. The van der Waals surface area contributed by atoms with E-state index in [2.05, 4.69) is 0 Å². The maximum Gasteiger partial charge on any atom is 0.493 e. The molecule has 0 radical (unpaired) electrons. The molecule has 0 atom stereocenters. The lowest BCUT2D eigenvalue weighted by Gasteiger charge is -2.19. The number of hydrogen-bond acceptors (Lipinski definition) is 4. The predicted octanol–water partition coefficient (Wildman–Crippen LogP) is 2.55. The number of nitrogens with one attached hydrogen (secondary N) is 1. The quantitative estimate of drug-likeness (QED) is 0.846. The van der Waals surface area contributed by atoms with Gasteiger partial charge in [-0.25, -0.2) is 4.79 Å². The van der Waals surface area contributed by atoms with Crippen molar-refractivity contribution in [3.05, 3.63) is 67.0 Å². The van der Waals surface area contributed by atoms with E-state index in [4.69, 9.17) is 5.26 Å². The summed E-state index contributed by atoms with van der Waals surface area (Å²) >= 11 is 0. The van der Waals surface area contributed by atoms with Crippen LogP contribution in [0.1, 0.15) is 52.5 Å². The highest BCUT2D eigenvalue weighted by Crippen LogP contribution is 2.27. The monoisotopic (exact) mass is 365 g/mol. The fourth-order valence-electron chi connectivity index (χ4n) is 2.67. The molecule has 1 heterocycles. The van der Waals surface area contributed by atoms with Crippen LogP contribution in [-0.2, 0) is 6.30 Å². The number of H-pyrrole nitrogens is 1. The molecule has 1 aromatic heterocycles. The molecule has 0 bridgehead atoms. The lowest BCUT2D eigenvalue weighted by Crippen LogP contribution is -2.43. The van der Waals surface area contributed by atoms with E-state index >= 15 is 0 Å². The van der Waals surface area contributed by atoms with Gasteiger partial charge in [0.2, 0.25) is 5.78 Å². The molecule has 0 spiro atoms. The Labute approximate surface area is 145 Å². The molecule has 0 saturated heterocycles. The van der Waals surface area contributed by atoms with Crippen LogP contribution in [0, 0.1) is 18.3 Å². The maximum absolute atomic E-state index is 13.4. The number of alkyl halides is 3. The summed E-state index contributed by atoms with van der Waals surface area (Å²) in [5.41, 5.74) is -3.96. The van der Waals surface area contributed by atoms with Gasteiger partial charge in [-0.3, -0.25) is 14.6 Å². The number of halogens is 3. The van der Waals surface area contributed by atoms with Gasteiger partial charge in [0, 0.05) is 11.1 Å². The average Bonchev–Trinajstić information content (AvgIpc) is 2.50. The number of carbonyl (C=O) groups excluding carboxylic acids is 1. The molecule has 0 aliphatic heterocycles. The van der Waals surface area contributed by atoms with Crippen molar-refractivity contribution in [3.63, 3.8) is 0 Å². The van der Waals surface area contributed by atoms with Gasteiger partial charge in [-0.2, -0.15) is 9.83 Å². The highest BCUT2D eigenvalue weighted by atomic mass is 19.4. The summed E-state index contributed by atoms with van der Waals surface area (Å²) in [4.78, 5) is 38.3. The van der Waals surface area contributed by atoms with E-state index in [0.717, 1.165) is 6.07 Å². The zero-order valence-corrected chi connectivity index (χ0v) is 14.1. The van der Waals surface area contributed by atoms with Crippen molar-refractivity contribution in [2.45, 2.75) is 33.0 Å². The molecule has 1 N–H and O–H groups in total. The van der Waals surface area contributed by atoms with E-state index in [9.17, 15) is 27.6 Å². The van der Waals surface area contributed by atoms with Crippen LogP contribution < -0.4 is 11.2 Å². The van der Waals surface area contributed by atoms with Crippen LogP contribution >= 0.6 is 0 Å². The summed E-state index contributed by atoms with van der Waals surface area (Å²) in [6, 6.07) is 5.67. The van der Waals surface area contributed by atoms with Crippen LogP contribution in [0.3, 0.4) is 0 Å². The Bertz CT molecular complexity index is 1040. The second kappa shape index (κ2) is 6.63. The number of aromatic amines is 1. The highest BCUT2D eigenvalue weighted by Gasteiger charge is 2.39. The maximum atomic E-state index is 13.4. The SMILES string of the molecule is Cc1cc(C#N)cc(C(=O)c2c(C(C)C)c(=O)[nH]c(=O)n2C(F)(F)F)c1. The summed E-state index contributed by atoms with van der Waals surface area (Å²) in [5.74, 6) is -1.92. The van der Waals surface area contributed by atoms with Gasteiger partial charge in [0.05, 0.1) is 11.6 Å². The molecule has 0 unspecified atom stereocenters. The summed E-state index contributed by atoms with van der Waals surface area (Å²) in [6.07, 6.45) is -5.21. The van der Waals surface area contributed by atoms with Gasteiger partial charge < -0.3 is 0 Å². The highest BCUT2D eigenvalue weighted by molar-refractivity contribution is 6.09. The summed E-state index contributed by atoms with van der Waals surface area (Å²) in [6.45, 7) is 4.43. The summed E-state index contributed by atoms with van der Waals surface area (Å²) in [5, 5.41) is 9.00. The van der Waals surface area contributed by atoms with Crippen LogP contribution in [0.25, 0.3) is 0 Å². The Morgan fingerprint density at radius 2 is 1.85 bits per heavy atom. The van der Waals surface area contributed by atoms with E-state index in [0.29, 0.717) is 5.56 Å². The summed E-state index contributed by atoms with van der Waals surface area (Å²) < 4.78 is 39.6. The van der Waals surface area contributed by atoms with Crippen LogP contribution in [0.5, 0.6) is 0 Å². The van der Waals surface area contributed by atoms with E-state index in [1.165, 1.54) is 26.0 Å². The number of hydrogen-bond donors (Lipinski definition) is 1. The third kappa shape index (κ3) is 3.44. The van der Waals surface area contributed by atoms with Crippen molar-refractivity contribution in [2.75, 3.05) is 0 Å². The van der Waals surface area contributed by atoms with Gasteiger partial charge >= 0.3 is 12.0 Å². The van der Waals surface area contributed by atoms with Crippen LogP contribution in [0.4, 0.5) is 13.2 Å². The Morgan fingerprint density at radius 1 is 1.23 bits per heavy atom. The van der Waals surface area contributed by atoms with Gasteiger partial charge in [0.15, 0.2) is 0 Å². The van der Waals surface area contributed by atoms with Crippen molar-refractivity contribution < 1.29 is 18.0 Å². The van der Waals surface area contributed by atoms with Gasteiger partial charge in [0.1, 0.15) is 5.69 Å². The standard InChI is InChI=1S/C17H14F3N3O3/c1-8(2)12-13(23(17(18,19)20)16(26)22-15(12)25)14(24)11-5-9(3)4-10(6-11)7-21/h4-6,8H,1-3H3,(H,22,25,26). The van der Waals surface area contributed by atoms with Crippen molar-refractivity contribution in [2.24, 2.45) is 0 Å². The topological polar surface area (TPSA) is 95.7 Å². The predicted molar refractivity (Wildman–Crippen MR) is 86.0 cm³/mol. The normalized spacial score (nSPS) is 11.5. The number of ketones is 1. The summed E-state index contributed by atoms with van der Waals surface area (Å²) in [7, 11) is 0. The molecular formula is C17H14F3N3O3. The second-order valence-corrected chi connectivity index (χ2v) is 6.01. The molecule has 6 nitrogen and oxygen atoms in total. The molecule has 0 amide bonds. The molecule has 1 aromatic carbocycles. The first kappa shape index (κ1) is 19.2. The third-order valence-corrected chi connectivity index (χ3v) is 3.66. The number of aryl methyl sites for hydroxylation is 1. The second-order valence-electron chi connectivity index (χ2n) is 6.01. The molecule has 0 saturated carbocycles. The molecule has 26 heavy (non-hydrogen) atoms. The molecule has 0 fully saturated rings. The van der Waals surface area contributed by atoms with Crippen LogP contribution in [-0.4, -0.2) is 15.3 Å². The van der Waals surface area contributed by atoms with Gasteiger partial charge in [-0.1, -0.05) is 13.8 Å². The molecule has 9 heteroatoms. The first-order valence-electron chi connectivity index (χ1n) is 7.50. The van der Waals surface area contributed by atoms with Crippen LogP contribution in [0.2, 0.25) is 0 Å². The number of benzene rings is 1. The van der Waals surface area contributed by atoms with Crippen molar-refractivity contribution in [3.8, 4) is 6.07 Å². The Balaban J connectivity index is 2.94. The van der Waals surface area contributed by atoms with Gasteiger partial charge in [-0.15, -0.1) is 13.2 Å². The Hall–Kier alpha value is -3.15. The van der Waals surface area contributed by atoms with Crippen molar-refractivity contribution in [1.29, 1.82) is 5.26 Å². The lowest BCUT2D eigenvalue weighted by molar-refractivity contribution is -0.207. The first-order chi connectivity index (χ1) is 12.0. The van der Waals surface area contributed by atoms with E-state index in [-0.39, 0.29) is 11.1 Å². The molecule has 0 aliphatic carbocycles. The van der Waals surface area contributed by atoms with Crippen molar-refractivity contribution >= 4 is 5.78 Å². The largest absolute Gasteiger partial charge is 0.493 e. The fraction of sp³-hybridized carbons (Fsp3) is 0.294. The molecule has 2 aromatic rings. The number of carbonyl (C=O) groups is 1. The Morgan fingerprint density at radius 3 is 2.35 bits per heavy atom. The van der Waals surface area contributed by atoms with Crippen LogP contribution in [0.15, 0.2) is 27.8 Å². The van der Waals surface area contributed by atoms with E-state index < -0.39 is 45.1 Å². The molecule has 0 aliphatic rings. The zero-order chi connectivity index (χ0) is 19.8. The number of aromatic nitrogens is 2. The van der Waals surface area contributed by atoms with E-state index in [1.807, 2.05) is 6.07 Å². The average molecular weight is 365 g/mol. The smallest absolute Gasteiger partial charge is 0.287 e. The zero-order valence-electron chi connectivity index (χ0n) is 14.1. The van der Waals surface area contributed by atoms with Crippen molar-refractivity contribution in [1.82, 2.24) is 9.55 Å². The van der Waals surface area contributed by atoms with Gasteiger partial charge in [0.25, 0.3) is 5.56 Å². The Kier molecular flexibility index (Phi) is 4.89. The minimum atomic E-state index is -5.21. The first-order valence-corrected chi connectivity index (χ1v) is 7.50. The molecule has 136 valence electrons. The molecular weight excluding hydrogens is 351 g/mol. The number of nitrogens with zero attached hydrogens (tertiary/aromatic N) is 2. The molecule has 2 rings (SSSR count). The minimum Gasteiger partial charge on any atom is -0.287 e. The van der Waals surface area contributed by atoms with E-state index in [1.54, 1.807) is 11.9 Å². The lowest BCUT2D eigenvalue weighted by atomic mass is 9.95. The van der Waals surface area contributed by atoms with Gasteiger partial charge in [-0.05, 0) is 36.6 Å². The third-order valence-electron chi connectivity index (χ3n) is 3.66. The number of rotatable bonds is 3. The fourth-order valence-corrected chi connectivity index (χ4v) is 2.67. The minimum absolute atomic E-state index is 0.0743.